The molecule has 2 aromatic heterocycles. The Morgan fingerprint density at radius 3 is 2.36 bits per heavy atom. The molecule has 39 heavy (non-hydrogen) atoms. The molecule has 1 saturated heterocycles. The fourth-order valence-corrected chi connectivity index (χ4v) is 4.64. The number of thioether (sulfide) groups is 1. The van der Waals surface area contributed by atoms with E-state index in [1.54, 1.807) is 27.0 Å². The monoisotopic (exact) mass is 567 g/mol. The number of nitrogens with zero attached hydrogens (tertiary/aromatic N) is 3. The van der Waals surface area contributed by atoms with Gasteiger partial charge in [0.15, 0.2) is 28.7 Å². The third-order valence-electron chi connectivity index (χ3n) is 5.55. The predicted molar refractivity (Wildman–Crippen MR) is 140 cm³/mol. The van der Waals surface area contributed by atoms with E-state index in [1.807, 2.05) is 0 Å². The van der Waals surface area contributed by atoms with Gasteiger partial charge in [0, 0.05) is 27.0 Å². The lowest BCUT2D eigenvalue weighted by atomic mass is 9.95. The number of hydrogen-bond donors (Lipinski definition) is 2. The Hall–Kier alpha value is -3.59. The summed E-state index contributed by atoms with van der Waals surface area (Å²) >= 11 is 1.23. The molecule has 1 aliphatic heterocycles. The molecule has 1 unspecified atom stereocenters. The van der Waals surface area contributed by atoms with Crippen molar-refractivity contribution in [1.29, 1.82) is 0 Å². The van der Waals surface area contributed by atoms with Crippen LogP contribution in [0.15, 0.2) is 11.4 Å². The number of nitrogen functional groups attached to an aromatic ring is 1. The van der Waals surface area contributed by atoms with E-state index >= 15 is 0 Å². The standard InChI is InChI=1S/C24H33N5O9S/c1-11(30)34-10-15-17(35-12(2)31)24(7,37-13(3)32)20(36-15)29-9-14(26-22(33)38-23(4,5)6)16-18(25)27-21(39-8)28-19(16)29/h9,15,17,20H,10H2,1-8H3,(H,26,33)(H2,25,27,28)/t15-,17-,20?,24+/m1/s1. The summed E-state index contributed by atoms with van der Waals surface area (Å²) in [5.74, 6) is -1.87. The number of esters is 3. The number of anilines is 2. The second kappa shape index (κ2) is 11.3. The van der Waals surface area contributed by atoms with Gasteiger partial charge in [-0.05, 0) is 34.0 Å². The number of carbonyl (C=O) groups is 4. The lowest BCUT2D eigenvalue weighted by Crippen LogP contribution is -2.50. The summed E-state index contributed by atoms with van der Waals surface area (Å²) in [5, 5.41) is 3.26. The Kier molecular flexibility index (Phi) is 8.65. The molecule has 4 atom stereocenters. The molecule has 15 heteroatoms. The summed E-state index contributed by atoms with van der Waals surface area (Å²) in [7, 11) is 0. The Morgan fingerprint density at radius 2 is 1.82 bits per heavy atom. The molecule has 1 amide bonds. The molecule has 0 spiro atoms. The van der Waals surface area contributed by atoms with E-state index in [9.17, 15) is 19.2 Å². The summed E-state index contributed by atoms with van der Waals surface area (Å²) in [4.78, 5) is 57.3. The highest BCUT2D eigenvalue weighted by molar-refractivity contribution is 7.98. The summed E-state index contributed by atoms with van der Waals surface area (Å²) in [6, 6.07) is 0. The van der Waals surface area contributed by atoms with E-state index in [2.05, 4.69) is 15.3 Å². The number of fused-ring (bicyclic) bond motifs is 1. The van der Waals surface area contributed by atoms with Gasteiger partial charge in [-0.2, -0.15) is 0 Å². The van der Waals surface area contributed by atoms with Gasteiger partial charge < -0.3 is 29.4 Å². The second-order valence-electron chi connectivity index (χ2n) is 10.0. The zero-order chi connectivity index (χ0) is 29.3. The minimum absolute atomic E-state index is 0.0642. The number of rotatable bonds is 7. The molecule has 14 nitrogen and oxygen atoms in total. The molecular weight excluding hydrogens is 534 g/mol. The molecule has 1 aliphatic rings. The highest BCUT2D eigenvalue weighted by Crippen LogP contribution is 2.46. The minimum Gasteiger partial charge on any atom is -0.463 e. The van der Waals surface area contributed by atoms with Gasteiger partial charge in [0.05, 0.1) is 11.1 Å². The van der Waals surface area contributed by atoms with Gasteiger partial charge in [-0.15, -0.1) is 0 Å². The number of hydrogen-bond acceptors (Lipinski definition) is 13. The summed E-state index contributed by atoms with van der Waals surface area (Å²) in [5.41, 5.74) is 4.30. The van der Waals surface area contributed by atoms with Crippen LogP contribution >= 0.6 is 11.8 Å². The zero-order valence-corrected chi connectivity index (χ0v) is 23.8. The topological polar surface area (TPSA) is 183 Å². The average molecular weight is 568 g/mol. The maximum absolute atomic E-state index is 12.6. The smallest absolute Gasteiger partial charge is 0.412 e. The number of ether oxygens (including phenoxy) is 5. The van der Waals surface area contributed by atoms with Crippen molar-refractivity contribution in [2.45, 2.75) is 83.3 Å². The number of carbonyl (C=O) groups excluding carboxylic acids is 4. The molecule has 0 aromatic carbocycles. The van der Waals surface area contributed by atoms with Gasteiger partial charge in [0.1, 0.15) is 24.1 Å². The number of amides is 1. The lowest BCUT2D eigenvalue weighted by molar-refractivity contribution is -0.184. The van der Waals surface area contributed by atoms with Crippen molar-refractivity contribution in [3.63, 3.8) is 0 Å². The first kappa shape index (κ1) is 30.0. The van der Waals surface area contributed by atoms with Crippen LogP contribution in [0, 0.1) is 0 Å². The van der Waals surface area contributed by atoms with Crippen LogP contribution in [0.2, 0.25) is 0 Å². The summed E-state index contributed by atoms with van der Waals surface area (Å²) in [6.45, 7) is 9.98. The Labute approximate surface area is 229 Å². The van der Waals surface area contributed by atoms with Crippen molar-refractivity contribution in [3.05, 3.63) is 6.20 Å². The molecule has 2 aromatic rings. The molecule has 0 bridgehead atoms. The highest BCUT2D eigenvalue weighted by Gasteiger charge is 2.60. The molecule has 1 fully saturated rings. The Morgan fingerprint density at radius 1 is 1.15 bits per heavy atom. The fraction of sp³-hybridized carbons (Fsp3) is 0.583. The molecule has 0 radical (unpaired) electrons. The van der Waals surface area contributed by atoms with Gasteiger partial charge in [-0.25, -0.2) is 14.8 Å². The van der Waals surface area contributed by atoms with E-state index in [4.69, 9.17) is 29.4 Å². The van der Waals surface area contributed by atoms with E-state index in [0.717, 1.165) is 0 Å². The van der Waals surface area contributed by atoms with Crippen LogP contribution in [0.1, 0.15) is 54.7 Å². The summed E-state index contributed by atoms with van der Waals surface area (Å²) < 4.78 is 29.5. The highest BCUT2D eigenvalue weighted by atomic mass is 32.2. The Bertz CT molecular complexity index is 1290. The lowest BCUT2D eigenvalue weighted by Gasteiger charge is -2.34. The van der Waals surface area contributed by atoms with Crippen molar-refractivity contribution in [3.8, 4) is 0 Å². The van der Waals surface area contributed by atoms with Gasteiger partial charge in [0.2, 0.25) is 0 Å². The molecule has 3 N–H and O–H groups in total. The molecular formula is C24H33N5O9S. The molecule has 0 saturated carbocycles. The first-order valence-corrected chi connectivity index (χ1v) is 13.2. The molecule has 0 aliphatic carbocycles. The average Bonchev–Trinajstić information content (AvgIpc) is 3.25. The van der Waals surface area contributed by atoms with Gasteiger partial charge in [-0.3, -0.25) is 24.3 Å². The zero-order valence-electron chi connectivity index (χ0n) is 23.0. The van der Waals surface area contributed by atoms with Crippen molar-refractivity contribution in [2.24, 2.45) is 0 Å². The van der Waals surface area contributed by atoms with E-state index in [-0.39, 0.29) is 29.1 Å². The van der Waals surface area contributed by atoms with Crippen LogP contribution in [0.25, 0.3) is 11.0 Å². The largest absolute Gasteiger partial charge is 0.463 e. The third kappa shape index (κ3) is 6.71. The van der Waals surface area contributed by atoms with E-state index in [0.29, 0.717) is 5.16 Å². The van der Waals surface area contributed by atoms with Crippen LogP contribution in [-0.2, 0) is 38.1 Å². The number of aromatic nitrogens is 3. The van der Waals surface area contributed by atoms with Crippen LogP contribution < -0.4 is 11.1 Å². The molecule has 3 heterocycles. The first-order chi connectivity index (χ1) is 18.1. The van der Waals surface area contributed by atoms with Gasteiger partial charge >= 0.3 is 24.0 Å². The second-order valence-corrected chi connectivity index (χ2v) is 10.8. The minimum atomic E-state index is -1.63. The van der Waals surface area contributed by atoms with Crippen molar-refractivity contribution in [1.82, 2.24) is 14.5 Å². The first-order valence-electron chi connectivity index (χ1n) is 11.9. The normalized spacial score (nSPS) is 22.8. The van der Waals surface area contributed by atoms with Gasteiger partial charge in [0.25, 0.3) is 0 Å². The van der Waals surface area contributed by atoms with Crippen molar-refractivity contribution < 1.29 is 42.9 Å². The van der Waals surface area contributed by atoms with Crippen LogP contribution in [0.4, 0.5) is 16.3 Å². The maximum Gasteiger partial charge on any atom is 0.412 e. The van der Waals surface area contributed by atoms with E-state index < -0.39 is 53.6 Å². The van der Waals surface area contributed by atoms with Crippen LogP contribution in [0.5, 0.6) is 0 Å². The number of nitrogens with two attached hydrogens (primary N) is 1. The quantitative estimate of drug-likeness (QED) is 0.216. The fourth-order valence-electron chi connectivity index (χ4n) is 4.27. The third-order valence-corrected chi connectivity index (χ3v) is 6.10. The van der Waals surface area contributed by atoms with Crippen molar-refractivity contribution >= 4 is 58.3 Å². The molecule has 3 rings (SSSR count). The maximum atomic E-state index is 12.6. The van der Waals surface area contributed by atoms with Crippen molar-refractivity contribution in [2.75, 3.05) is 23.9 Å². The Balaban J connectivity index is 2.22. The van der Waals surface area contributed by atoms with Crippen LogP contribution in [0.3, 0.4) is 0 Å². The van der Waals surface area contributed by atoms with Crippen LogP contribution in [-0.4, -0.2) is 74.8 Å². The SMILES string of the molecule is CSc1nc(N)c2c(NC(=O)OC(C)(C)C)cn(C3O[C@H](COC(C)=O)[C@@H](OC(C)=O)[C@]3(C)OC(C)=O)c2n1. The van der Waals surface area contributed by atoms with Gasteiger partial charge in [-0.1, -0.05) is 11.8 Å². The molecule has 214 valence electrons. The number of nitrogens with one attached hydrogen (secondary N) is 1. The summed E-state index contributed by atoms with van der Waals surface area (Å²) in [6.07, 6.45) is -0.889. The predicted octanol–water partition coefficient (Wildman–Crippen LogP) is 2.80. The van der Waals surface area contributed by atoms with E-state index in [1.165, 1.54) is 50.2 Å².